The van der Waals surface area contributed by atoms with Gasteiger partial charge in [-0.25, -0.2) is 8.89 Å². The lowest BCUT2D eigenvalue weighted by Gasteiger charge is -2.30. The van der Waals surface area contributed by atoms with Crippen molar-refractivity contribution in [1.29, 1.82) is 0 Å². The number of benzene rings is 2. The average molecular weight is 499 g/mol. The minimum atomic E-state index is -1.46. The van der Waals surface area contributed by atoms with E-state index in [0.29, 0.717) is 52.9 Å². The Hall–Kier alpha value is -3.01. The Morgan fingerprint density at radius 2 is 1.88 bits per heavy atom. The first kappa shape index (κ1) is 22.8. The molecule has 2 aliphatic rings. The summed E-state index contributed by atoms with van der Waals surface area (Å²) >= 11 is 4.74. The smallest absolute Gasteiger partial charge is 0.277 e. The van der Waals surface area contributed by atoms with Crippen LogP contribution in [0.25, 0.3) is 5.69 Å². The molecule has 0 N–H and O–H groups in total. The molecule has 8 nitrogen and oxygen atoms in total. The number of hydrogen-bond donors (Lipinski definition) is 0. The zero-order valence-electron chi connectivity index (χ0n) is 18.8. The van der Waals surface area contributed by atoms with Gasteiger partial charge in [0, 0.05) is 48.2 Å². The molecule has 1 aromatic heterocycles. The monoisotopic (exact) mass is 498 g/mol. The normalized spacial score (nSPS) is 16.4. The summed E-state index contributed by atoms with van der Waals surface area (Å²) in [5.74, 6) is -0.265. The maximum Gasteiger partial charge on any atom is 0.277 e. The van der Waals surface area contributed by atoms with Gasteiger partial charge in [-0.1, -0.05) is 23.7 Å². The van der Waals surface area contributed by atoms with Gasteiger partial charge in [0.15, 0.2) is 11.1 Å². The number of nitrogens with zero attached hydrogens (tertiary/aromatic N) is 4. The molecule has 0 bridgehead atoms. The zero-order valence-corrected chi connectivity index (χ0v) is 20.4. The highest BCUT2D eigenvalue weighted by atomic mass is 35.5. The van der Waals surface area contributed by atoms with Gasteiger partial charge >= 0.3 is 0 Å². The summed E-state index contributed by atoms with van der Waals surface area (Å²) in [4.78, 5) is 29.9. The maximum atomic E-state index is 13.8. The molecule has 34 heavy (non-hydrogen) atoms. The molecule has 0 fully saturated rings. The van der Waals surface area contributed by atoms with Gasteiger partial charge in [0.2, 0.25) is 0 Å². The van der Waals surface area contributed by atoms with Gasteiger partial charge < -0.3 is 9.80 Å². The third-order valence-electron chi connectivity index (χ3n) is 6.21. The summed E-state index contributed by atoms with van der Waals surface area (Å²) < 4.78 is 18.4. The lowest BCUT2D eigenvalue weighted by atomic mass is 9.97. The van der Waals surface area contributed by atoms with E-state index in [2.05, 4.69) is 5.10 Å². The summed E-state index contributed by atoms with van der Waals surface area (Å²) in [6, 6.07) is 12.7. The Kier molecular flexibility index (Phi) is 6.01. The van der Waals surface area contributed by atoms with E-state index >= 15 is 0 Å². The molecule has 0 saturated carbocycles. The number of halogens is 1. The van der Waals surface area contributed by atoms with Gasteiger partial charge in [-0.3, -0.25) is 13.8 Å². The van der Waals surface area contributed by atoms with Crippen LogP contribution in [0.1, 0.15) is 37.7 Å². The van der Waals surface area contributed by atoms with Crippen LogP contribution in [0.3, 0.4) is 0 Å². The first-order valence-electron chi connectivity index (χ1n) is 10.9. The summed E-state index contributed by atoms with van der Waals surface area (Å²) in [6.45, 7) is 1.15. The second-order valence-electron chi connectivity index (χ2n) is 8.35. The largest absolute Gasteiger partial charge is 0.341 e. The number of aromatic nitrogens is 2. The minimum absolute atomic E-state index is 0.0337. The molecule has 2 aromatic carbocycles. The van der Waals surface area contributed by atoms with Crippen molar-refractivity contribution in [2.45, 2.75) is 19.4 Å². The Balaban J connectivity index is 1.57. The van der Waals surface area contributed by atoms with Crippen LogP contribution in [0.5, 0.6) is 0 Å². The second kappa shape index (κ2) is 8.98. The summed E-state index contributed by atoms with van der Waals surface area (Å²) in [7, 11) is 1.78. The molecule has 176 valence electrons. The third-order valence-corrected chi connectivity index (χ3v) is 6.90. The van der Waals surface area contributed by atoms with Crippen LogP contribution in [-0.2, 0) is 34.7 Å². The van der Waals surface area contributed by atoms with Crippen LogP contribution in [-0.4, -0.2) is 57.1 Å². The molecule has 10 heteroatoms. The van der Waals surface area contributed by atoms with Crippen molar-refractivity contribution in [2.75, 3.05) is 31.3 Å². The van der Waals surface area contributed by atoms with Crippen molar-refractivity contribution in [3.63, 3.8) is 0 Å². The highest BCUT2D eigenvalue weighted by molar-refractivity contribution is 7.79. The number of hydrogen-bond acceptors (Lipinski definition) is 5. The molecule has 5 rings (SSSR count). The van der Waals surface area contributed by atoms with E-state index in [0.717, 1.165) is 17.5 Å². The first-order chi connectivity index (χ1) is 16.3. The third kappa shape index (κ3) is 4.04. The van der Waals surface area contributed by atoms with E-state index in [9.17, 15) is 13.8 Å². The fraction of sp³-hybridized carbons (Fsp3) is 0.292. The van der Waals surface area contributed by atoms with Crippen LogP contribution in [0.2, 0.25) is 5.02 Å². The van der Waals surface area contributed by atoms with Crippen molar-refractivity contribution >= 4 is 40.2 Å². The van der Waals surface area contributed by atoms with E-state index in [1.807, 2.05) is 18.2 Å². The standard InChI is InChI=1S/C24H23ClN4O4S/c1-27-10-8-15-6-7-17(13-20(15)23(27)30)28-11-9-19-21(14-33-34(2)32)26-29(22(19)24(28)31)18-5-3-4-16(25)12-18/h3-7,12-13H,8-11,14H2,1-2H3. The number of anilines is 1. The molecular formula is C24H23ClN4O4S. The molecule has 0 spiro atoms. The van der Waals surface area contributed by atoms with Gasteiger partial charge in [0.1, 0.15) is 12.3 Å². The van der Waals surface area contributed by atoms with Gasteiger partial charge in [-0.2, -0.15) is 5.10 Å². The molecule has 1 unspecified atom stereocenters. The van der Waals surface area contributed by atoms with Crippen LogP contribution >= 0.6 is 11.6 Å². The Morgan fingerprint density at radius 3 is 2.65 bits per heavy atom. The van der Waals surface area contributed by atoms with Crippen LogP contribution < -0.4 is 4.90 Å². The van der Waals surface area contributed by atoms with E-state index in [4.69, 9.17) is 15.8 Å². The number of likely N-dealkylation sites (N-methyl/N-ethyl adjacent to an activating group) is 1. The van der Waals surface area contributed by atoms with Gasteiger partial charge in [0.05, 0.1) is 11.4 Å². The zero-order chi connectivity index (χ0) is 24.0. The fourth-order valence-corrected chi connectivity index (χ4v) is 4.93. The maximum absolute atomic E-state index is 13.8. The lowest BCUT2D eigenvalue weighted by Crippen LogP contribution is -2.39. The molecule has 1 atom stereocenters. The summed E-state index contributed by atoms with van der Waals surface area (Å²) in [6.07, 6.45) is 2.78. The lowest BCUT2D eigenvalue weighted by molar-refractivity contribution is 0.0780. The van der Waals surface area contributed by atoms with Crippen LogP contribution in [0.4, 0.5) is 5.69 Å². The van der Waals surface area contributed by atoms with Crippen molar-refractivity contribution in [1.82, 2.24) is 14.7 Å². The van der Waals surface area contributed by atoms with Crippen molar-refractivity contribution in [3.8, 4) is 5.69 Å². The molecule has 2 aliphatic heterocycles. The molecule has 0 aliphatic carbocycles. The highest BCUT2D eigenvalue weighted by Crippen LogP contribution is 2.31. The Bertz CT molecular complexity index is 1340. The number of carbonyl (C=O) groups excluding carboxylic acids is 2. The number of carbonyl (C=O) groups is 2. The van der Waals surface area contributed by atoms with E-state index in [-0.39, 0.29) is 18.4 Å². The van der Waals surface area contributed by atoms with Gasteiger partial charge in [-0.05, 0) is 48.7 Å². The Labute approximate surface area is 204 Å². The second-order valence-corrected chi connectivity index (χ2v) is 9.83. The highest BCUT2D eigenvalue weighted by Gasteiger charge is 2.34. The molecule has 0 radical (unpaired) electrons. The molecular weight excluding hydrogens is 476 g/mol. The Morgan fingerprint density at radius 1 is 1.06 bits per heavy atom. The first-order valence-corrected chi connectivity index (χ1v) is 12.7. The fourth-order valence-electron chi connectivity index (χ4n) is 4.47. The molecule has 3 heterocycles. The predicted molar refractivity (Wildman–Crippen MR) is 130 cm³/mol. The van der Waals surface area contributed by atoms with Crippen molar-refractivity contribution < 1.29 is 18.0 Å². The van der Waals surface area contributed by atoms with Crippen LogP contribution in [0.15, 0.2) is 42.5 Å². The SMILES string of the molecule is CN1CCc2ccc(N3CCc4c(COS(C)=O)nn(-c5cccc(Cl)c5)c4C3=O)cc2C1=O. The predicted octanol–water partition coefficient (Wildman–Crippen LogP) is 3.17. The van der Waals surface area contributed by atoms with E-state index in [1.165, 1.54) is 6.26 Å². The molecule has 2 amide bonds. The minimum Gasteiger partial charge on any atom is -0.341 e. The number of amides is 2. The quantitative estimate of drug-likeness (QED) is 0.539. The van der Waals surface area contributed by atoms with E-state index < -0.39 is 11.1 Å². The number of rotatable bonds is 5. The van der Waals surface area contributed by atoms with Gasteiger partial charge in [0.25, 0.3) is 11.8 Å². The number of fused-ring (bicyclic) bond motifs is 2. The molecule has 3 aromatic rings. The van der Waals surface area contributed by atoms with Crippen molar-refractivity contribution in [3.05, 3.63) is 75.6 Å². The summed E-state index contributed by atoms with van der Waals surface area (Å²) in [5.41, 5.74) is 4.69. The van der Waals surface area contributed by atoms with Gasteiger partial charge in [-0.15, -0.1) is 0 Å². The van der Waals surface area contributed by atoms with Crippen LogP contribution in [0, 0.1) is 0 Å². The van der Waals surface area contributed by atoms with E-state index in [1.54, 1.807) is 45.8 Å². The topological polar surface area (TPSA) is 84.7 Å². The summed E-state index contributed by atoms with van der Waals surface area (Å²) in [5, 5.41) is 5.16. The van der Waals surface area contributed by atoms with Crippen molar-refractivity contribution in [2.24, 2.45) is 0 Å². The molecule has 0 saturated heterocycles. The average Bonchev–Trinajstić information content (AvgIpc) is 3.20.